The fourth-order valence-corrected chi connectivity index (χ4v) is 3.08. The van der Waals surface area contributed by atoms with E-state index in [-0.39, 0.29) is 23.0 Å². The third-order valence-corrected chi connectivity index (χ3v) is 4.49. The number of hydrogen-bond donors (Lipinski definition) is 1. The first kappa shape index (κ1) is 18.7. The Bertz CT molecular complexity index is 1360. The van der Waals surface area contributed by atoms with Crippen molar-refractivity contribution in [1.82, 2.24) is 19.9 Å². The Morgan fingerprint density at radius 3 is 2.53 bits per heavy atom. The second kappa shape index (κ2) is 7.41. The van der Waals surface area contributed by atoms with Crippen LogP contribution in [0.3, 0.4) is 0 Å². The molecule has 1 aromatic carbocycles. The number of benzene rings is 1. The summed E-state index contributed by atoms with van der Waals surface area (Å²) in [6.45, 7) is 0. The molecule has 0 spiro atoms. The fourth-order valence-electron chi connectivity index (χ4n) is 3.08. The van der Waals surface area contributed by atoms with Gasteiger partial charge in [0.15, 0.2) is 5.82 Å². The van der Waals surface area contributed by atoms with Gasteiger partial charge in [0.1, 0.15) is 35.2 Å². The molecule has 0 unspecified atom stereocenters. The Hall–Kier alpha value is -4.63. The third kappa shape index (κ3) is 3.11. The molecule has 0 radical (unpaired) electrons. The standard InChI is InChI=1S/C21H13FN8/c1-30(21-14(10-23)19(25)28-18(11-24)29-21)20-13(16-6-2-3-8-26-16)9-12-15(22)5-4-7-17(12)27-20/h2-9H,1H3,(H2,25,28,29). The maximum absolute atomic E-state index is 14.4. The van der Waals surface area contributed by atoms with Crippen molar-refractivity contribution in [3.63, 3.8) is 0 Å². The van der Waals surface area contributed by atoms with Gasteiger partial charge < -0.3 is 10.6 Å². The minimum atomic E-state index is -0.415. The molecule has 0 fully saturated rings. The first-order valence-electron chi connectivity index (χ1n) is 8.75. The van der Waals surface area contributed by atoms with Gasteiger partial charge in [0.05, 0.1) is 11.2 Å². The zero-order valence-corrected chi connectivity index (χ0v) is 15.7. The van der Waals surface area contributed by atoms with Crippen LogP contribution in [0.2, 0.25) is 0 Å². The molecule has 2 N–H and O–H groups in total. The minimum absolute atomic E-state index is 0.00427. The second-order valence-corrected chi connectivity index (χ2v) is 6.29. The van der Waals surface area contributed by atoms with Crippen LogP contribution >= 0.6 is 0 Å². The molecule has 0 saturated heterocycles. The fraction of sp³-hybridized carbons (Fsp3) is 0.0476. The van der Waals surface area contributed by atoms with E-state index in [1.165, 1.54) is 11.0 Å². The van der Waals surface area contributed by atoms with Crippen molar-refractivity contribution in [2.24, 2.45) is 0 Å². The van der Waals surface area contributed by atoms with Crippen molar-refractivity contribution < 1.29 is 4.39 Å². The molecular weight excluding hydrogens is 383 g/mol. The summed E-state index contributed by atoms with van der Waals surface area (Å²) < 4.78 is 14.4. The first-order chi connectivity index (χ1) is 14.5. The first-order valence-corrected chi connectivity index (χ1v) is 8.75. The number of nitrogens with zero attached hydrogens (tertiary/aromatic N) is 7. The third-order valence-electron chi connectivity index (χ3n) is 4.49. The normalized spacial score (nSPS) is 10.4. The molecule has 0 aliphatic rings. The molecule has 0 saturated carbocycles. The molecule has 0 amide bonds. The average Bonchev–Trinajstić information content (AvgIpc) is 2.78. The van der Waals surface area contributed by atoms with Crippen LogP contribution in [0.4, 0.5) is 21.8 Å². The van der Waals surface area contributed by atoms with Gasteiger partial charge in [-0.2, -0.15) is 15.5 Å². The molecular formula is C21H13FN8. The molecule has 30 heavy (non-hydrogen) atoms. The molecule has 9 heteroatoms. The van der Waals surface area contributed by atoms with Crippen LogP contribution in [0.5, 0.6) is 0 Å². The summed E-state index contributed by atoms with van der Waals surface area (Å²) in [5.74, 6) is -0.230. The van der Waals surface area contributed by atoms with Crippen LogP contribution in [0, 0.1) is 28.5 Å². The zero-order valence-electron chi connectivity index (χ0n) is 15.7. The van der Waals surface area contributed by atoms with Gasteiger partial charge in [-0.05, 0) is 30.3 Å². The number of nitriles is 2. The van der Waals surface area contributed by atoms with E-state index in [2.05, 4.69) is 19.9 Å². The Morgan fingerprint density at radius 2 is 1.83 bits per heavy atom. The summed E-state index contributed by atoms with van der Waals surface area (Å²) in [6.07, 6.45) is 1.61. The number of halogens is 1. The number of hydrogen-bond acceptors (Lipinski definition) is 8. The SMILES string of the molecule is CN(c1nc2cccc(F)c2cc1-c1ccccn1)c1nc(C#N)nc(N)c1C#N. The maximum Gasteiger partial charge on any atom is 0.236 e. The predicted molar refractivity (Wildman–Crippen MR) is 109 cm³/mol. The molecule has 0 aliphatic heterocycles. The average molecular weight is 396 g/mol. The maximum atomic E-state index is 14.4. The molecule has 0 bridgehead atoms. The molecule has 3 heterocycles. The van der Waals surface area contributed by atoms with Gasteiger partial charge in [-0.1, -0.05) is 12.1 Å². The van der Waals surface area contributed by atoms with Crippen molar-refractivity contribution in [3.8, 4) is 23.4 Å². The van der Waals surface area contributed by atoms with Gasteiger partial charge in [-0.15, -0.1) is 0 Å². The van der Waals surface area contributed by atoms with Gasteiger partial charge in [0.2, 0.25) is 5.82 Å². The predicted octanol–water partition coefficient (Wildman–Crippen LogP) is 3.32. The summed E-state index contributed by atoms with van der Waals surface area (Å²) in [5, 5.41) is 19.1. The van der Waals surface area contributed by atoms with E-state index in [4.69, 9.17) is 5.73 Å². The molecule has 4 aromatic rings. The van der Waals surface area contributed by atoms with Crippen molar-refractivity contribution >= 4 is 28.4 Å². The van der Waals surface area contributed by atoms with E-state index < -0.39 is 5.82 Å². The number of nitrogens with two attached hydrogens (primary N) is 1. The van der Waals surface area contributed by atoms with E-state index in [0.29, 0.717) is 28.0 Å². The van der Waals surface area contributed by atoms with E-state index in [1.54, 1.807) is 49.6 Å². The number of fused-ring (bicyclic) bond motifs is 1. The summed E-state index contributed by atoms with van der Waals surface area (Å²) >= 11 is 0. The van der Waals surface area contributed by atoms with Crippen LogP contribution in [-0.2, 0) is 0 Å². The van der Waals surface area contributed by atoms with Crippen molar-refractivity contribution in [3.05, 3.63) is 65.9 Å². The highest BCUT2D eigenvalue weighted by Gasteiger charge is 2.22. The molecule has 3 aromatic heterocycles. The van der Waals surface area contributed by atoms with Gasteiger partial charge in [0.25, 0.3) is 0 Å². The van der Waals surface area contributed by atoms with Gasteiger partial charge in [-0.3, -0.25) is 4.98 Å². The lowest BCUT2D eigenvalue weighted by molar-refractivity contribution is 0.639. The van der Waals surface area contributed by atoms with Crippen LogP contribution in [0.25, 0.3) is 22.2 Å². The minimum Gasteiger partial charge on any atom is -0.382 e. The van der Waals surface area contributed by atoms with E-state index in [9.17, 15) is 14.9 Å². The lowest BCUT2D eigenvalue weighted by Gasteiger charge is -2.22. The molecule has 0 atom stereocenters. The zero-order chi connectivity index (χ0) is 21.3. The van der Waals surface area contributed by atoms with Crippen molar-refractivity contribution in [1.29, 1.82) is 10.5 Å². The van der Waals surface area contributed by atoms with Crippen molar-refractivity contribution in [2.45, 2.75) is 0 Å². The molecule has 0 aliphatic carbocycles. The van der Waals surface area contributed by atoms with E-state index in [1.807, 2.05) is 12.1 Å². The molecule has 144 valence electrons. The number of rotatable bonds is 3. The summed E-state index contributed by atoms with van der Waals surface area (Å²) in [7, 11) is 1.63. The van der Waals surface area contributed by atoms with Gasteiger partial charge >= 0.3 is 0 Å². The topological polar surface area (TPSA) is 128 Å². The molecule has 8 nitrogen and oxygen atoms in total. The lowest BCUT2D eigenvalue weighted by Crippen LogP contribution is -2.18. The Morgan fingerprint density at radius 1 is 1.00 bits per heavy atom. The Balaban J connectivity index is 2.03. The number of aromatic nitrogens is 4. The Kier molecular flexibility index (Phi) is 4.63. The lowest BCUT2D eigenvalue weighted by atomic mass is 10.1. The van der Waals surface area contributed by atoms with Crippen LogP contribution in [0.1, 0.15) is 11.4 Å². The number of pyridine rings is 2. The molecule has 4 rings (SSSR count). The summed E-state index contributed by atoms with van der Waals surface area (Å²) in [6, 6.07) is 15.4. The van der Waals surface area contributed by atoms with Crippen molar-refractivity contribution in [2.75, 3.05) is 17.7 Å². The largest absolute Gasteiger partial charge is 0.382 e. The Labute approximate surface area is 170 Å². The second-order valence-electron chi connectivity index (χ2n) is 6.29. The van der Waals surface area contributed by atoms with E-state index in [0.717, 1.165) is 0 Å². The van der Waals surface area contributed by atoms with Crippen LogP contribution in [0.15, 0.2) is 48.7 Å². The highest BCUT2D eigenvalue weighted by molar-refractivity contribution is 5.91. The summed E-state index contributed by atoms with van der Waals surface area (Å²) in [4.78, 5) is 18.4. The van der Waals surface area contributed by atoms with Crippen LogP contribution < -0.4 is 10.6 Å². The summed E-state index contributed by atoms with van der Waals surface area (Å²) in [5.41, 5.74) is 7.35. The quantitative estimate of drug-likeness (QED) is 0.558. The van der Waals surface area contributed by atoms with Gasteiger partial charge in [-0.25, -0.2) is 14.4 Å². The smallest absolute Gasteiger partial charge is 0.236 e. The van der Waals surface area contributed by atoms with Crippen LogP contribution in [-0.4, -0.2) is 27.0 Å². The monoisotopic (exact) mass is 396 g/mol. The number of nitrogen functional groups attached to an aromatic ring is 1. The highest BCUT2D eigenvalue weighted by Crippen LogP contribution is 2.36. The number of anilines is 3. The van der Waals surface area contributed by atoms with E-state index >= 15 is 0 Å². The van der Waals surface area contributed by atoms with Gasteiger partial charge in [0, 0.05) is 24.2 Å². The highest BCUT2D eigenvalue weighted by atomic mass is 19.1.